The molecule has 0 aliphatic carbocycles. The van der Waals surface area contributed by atoms with Crippen molar-refractivity contribution in [2.24, 2.45) is 0 Å². The fraction of sp³-hybridized carbons (Fsp3) is 0.500. The molecule has 2 N–H and O–H groups in total. The van der Waals surface area contributed by atoms with E-state index >= 15 is 0 Å². The summed E-state index contributed by atoms with van der Waals surface area (Å²) >= 11 is 7.89. The monoisotopic (exact) mass is 259 g/mol. The molecule has 4 heteroatoms. The van der Waals surface area contributed by atoms with Crippen molar-refractivity contribution < 1.29 is 5.11 Å². The van der Waals surface area contributed by atoms with Crippen molar-refractivity contribution in [3.8, 4) is 0 Å². The van der Waals surface area contributed by atoms with Gasteiger partial charge in [0.1, 0.15) is 0 Å². The van der Waals surface area contributed by atoms with Crippen molar-refractivity contribution in [1.29, 1.82) is 0 Å². The summed E-state index contributed by atoms with van der Waals surface area (Å²) < 4.78 is 0. The molecule has 0 saturated carbocycles. The van der Waals surface area contributed by atoms with Crippen LogP contribution in [0.5, 0.6) is 0 Å². The molecule has 1 unspecified atom stereocenters. The van der Waals surface area contributed by atoms with E-state index in [1.54, 1.807) is 11.8 Å². The van der Waals surface area contributed by atoms with Crippen LogP contribution < -0.4 is 5.32 Å². The van der Waals surface area contributed by atoms with E-state index in [1.165, 1.54) is 5.56 Å². The molecule has 0 saturated heterocycles. The van der Waals surface area contributed by atoms with Crippen molar-refractivity contribution in [2.45, 2.75) is 24.3 Å². The van der Waals surface area contributed by atoms with Gasteiger partial charge >= 0.3 is 0 Å². The Morgan fingerprint density at radius 2 is 2.25 bits per heavy atom. The van der Waals surface area contributed by atoms with Gasteiger partial charge in [0.2, 0.25) is 0 Å². The Labute approximate surface area is 106 Å². The molecule has 0 radical (unpaired) electrons. The summed E-state index contributed by atoms with van der Waals surface area (Å²) in [4.78, 5) is 1.09. The number of aliphatic hydroxyl groups is 1. The number of aliphatic hydroxyl groups excluding tert-OH is 1. The Hall–Kier alpha value is -0.220. The third kappa shape index (κ3) is 3.98. The van der Waals surface area contributed by atoms with Crippen LogP contribution in [0.4, 0.5) is 0 Å². The van der Waals surface area contributed by atoms with Gasteiger partial charge in [-0.3, -0.25) is 0 Å². The predicted molar refractivity (Wildman–Crippen MR) is 71.4 cm³/mol. The second-order valence-corrected chi connectivity index (χ2v) is 5.17. The van der Waals surface area contributed by atoms with Gasteiger partial charge < -0.3 is 10.4 Å². The Morgan fingerprint density at radius 3 is 2.81 bits per heavy atom. The predicted octanol–water partition coefficient (Wildman–Crippen LogP) is 3.09. The number of hydrogen-bond acceptors (Lipinski definition) is 3. The van der Waals surface area contributed by atoms with E-state index in [-0.39, 0.29) is 6.61 Å². The number of hydrogen-bond donors (Lipinski definition) is 2. The van der Waals surface area contributed by atoms with Gasteiger partial charge in [-0.1, -0.05) is 17.7 Å². The molecule has 0 aliphatic heterocycles. The molecule has 16 heavy (non-hydrogen) atoms. The first-order chi connectivity index (χ1) is 7.69. The van der Waals surface area contributed by atoms with Gasteiger partial charge in [0.25, 0.3) is 0 Å². The van der Waals surface area contributed by atoms with Crippen LogP contribution in [-0.4, -0.2) is 24.5 Å². The van der Waals surface area contributed by atoms with Gasteiger partial charge in [0.15, 0.2) is 0 Å². The second-order valence-electron chi connectivity index (χ2n) is 3.63. The number of halogens is 1. The fourth-order valence-corrected chi connectivity index (χ4v) is 2.52. The summed E-state index contributed by atoms with van der Waals surface area (Å²) in [7, 11) is 1.93. The minimum Gasteiger partial charge on any atom is -0.396 e. The van der Waals surface area contributed by atoms with Crippen LogP contribution in [0.1, 0.15) is 24.9 Å². The smallest absolute Gasteiger partial charge is 0.0545 e. The van der Waals surface area contributed by atoms with Crippen LogP contribution in [0, 0.1) is 0 Å². The van der Waals surface area contributed by atoms with Crippen LogP contribution in [0.15, 0.2) is 23.1 Å². The first kappa shape index (κ1) is 13.8. The number of nitrogens with one attached hydrogen (secondary N) is 1. The third-order valence-corrected chi connectivity index (χ3v) is 4.03. The van der Waals surface area contributed by atoms with Crippen LogP contribution >= 0.6 is 23.4 Å². The maximum absolute atomic E-state index is 8.71. The van der Waals surface area contributed by atoms with Gasteiger partial charge in [0.05, 0.1) is 5.02 Å². The quantitative estimate of drug-likeness (QED) is 0.608. The van der Waals surface area contributed by atoms with Gasteiger partial charge in [-0.25, -0.2) is 0 Å². The summed E-state index contributed by atoms with van der Waals surface area (Å²) in [6.45, 7) is 2.34. The lowest BCUT2D eigenvalue weighted by Gasteiger charge is -2.12. The molecular weight excluding hydrogens is 242 g/mol. The molecule has 0 fully saturated rings. The largest absolute Gasteiger partial charge is 0.396 e. The lowest BCUT2D eigenvalue weighted by atomic mass is 10.1. The normalized spacial score (nSPS) is 12.8. The standard InChI is InChI=1S/C12H18ClNOS/c1-9(14-2)10-4-5-12(11(13)8-10)16-7-3-6-15/h4-5,8-9,14-15H,3,6-7H2,1-2H3. The first-order valence-electron chi connectivity index (χ1n) is 5.39. The summed E-state index contributed by atoms with van der Waals surface area (Å²) in [5, 5.41) is 12.7. The summed E-state index contributed by atoms with van der Waals surface area (Å²) in [5.41, 5.74) is 1.19. The van der Waals surface area contributed by atoms with Crippen LogP contribution in [-0.2, 0) is 0 Å². The highest BCUT2D eigenvalue weighted by molar-refractivity contribution is 7.99. The molecule has 0 amide bonds. The average molecular weight is 260 g/mol. The van der Waals surface area contributed by atoms with E-state index in [9.17, 15) is 0 Å². The molecule has 0 spiro atoms. The highest BCUT2D eigenvalue weighted by Gasteiger charge is 2.06. The maximum atomic E-state index is 8.71. The van der Waals surface area contributed by atoms with E-state index in [1.807, 2.05) is 19.2 Å². The summed E-state index contributed by atoms with van der Waals surface area (Å²) in [5.74, 6) is 0.900. The van der Waals surface area contributed by atoms with Gasteiger partial charge in [-0.15, -0.1) is 11.8 Å². The molecule has 2 nitrogen and oxygen atoms in total. The zero-order chi connectivity index (χ0) is 12.0. The zero-order valence-electron chi connectivity index (χ0n) is 9.66. The molecule has 0 heterocycles. The van der Waals surface area contributed by atoms with Gasteiger partial charge in [0, 0.05) is 23.3 Å². The van der Waals surface area contributed by atoms with E-state index in [0.717, 1.165) is 22.1 Å². The van der Waals surface area contributed by atoms with E-state index < -0.39 is 0 Å². The van der Waals surface area contributed by atoms with E-state index in [2.05, 4.69) is 18.3 Å². The molecule has 1 aromatic carbocycles. The topological polar surface area (TPSA) is 32.3 Å². The van der Waals surface area contributed by atoms with Gasteiger partial charge in [-0.2, -0.15) is 0 Å². The van der Waals surface area contributed by atoms with Crippen LogP contribution in [0.3, 0.4) is 0 Å². The minimum absolute atomic E-state index is 0.236. The average Bonchev–Trinajstić information content (AvgIpc) is 2.30. The number of thioether (sulfide) groups is 1. The SMILES string of the molecule is CNC(C)c1ccc(SCCCO)c(Cl)c1. The fourth-order valence-electron chi connectivity index (χ4n) is 1.32. The summed E-state index contributed by atoms with van der Waals surface area (Å²) in [6, 6.07) is 6.46. The Balaban J connectivity index is 2.67. The molecule has 1 rings (SSSR count). The van der Waals surface area contributed by atoms with Crippen molar-refractivity contribution in [3.05, 3.63) is 28.8 Å². The number of rotatable bonds is 6. The maximum Gasteiger partial charge on any atom is 0.0545 e. The Morgan fingerprint density at radius 1 is 1.50 bits per heavy atom. The third-order valence-electron chi connectivity index (χ3n) is 2.45. The van der Waals surface area contributed by atoms with Crippen LogP contribution in [0.2, 0.25) is 5.02 Å². The molecule has 1 aromatic rings. The highest BCUT2D eigenvalue weighted by atomic mass is 35.5. The molecule has 90 valence electrons. The second kappa shape index (κ2) is 7.17. The van der Waals surface area contributed by atoms with Crippen molar-refractivity contribution in [3.63, 3.8) is 0 Å². The molecule has 0 aliphatic rings. The Kier molecular flexibility index (Phi) is 6.21. The molecule has 0 bridgehead atoms. The molecule has 1 atom stereocenters. The van der Waals surface area contributed by atoms with Crippen molar-refractivity contribution >= 4 is 23.4 Å². The molecule has 0 aromatic heterocycles. The number of benzene rings is 1. The lowest BCUT2D eigenvalue weighted by molar-refractivity contribution is 0.296. The first-order valence-corrected chi connectivity index (χ1v) is 6.75. The van der Waals surface area contributed by atoms with E-state index in [0.29, 0.717) is 6.04 Å². The van der Waals surface area contributed by atoms with E-state index in [4.69, 9.17) is 16.7 Å². The molecular formula is C12H18ClNOS. The highest BCUT2D eigenvalue weighted by Crippen LogP contribution is 2.29. The van der Waals surface area contributed by atoms with Gasteiger partial charge in [-0.05, 0) is 38.1 Å². The van der Waals surface area contributed by atoms with Crippen molar-refractivity contribution in [2.75, 3.05) is 19.4 Å². The van der Waals surface area contributed by atoms with Crippen molar-refractivity contribution in [1.82, 2.24) is 5.32 Å². The lowest BCUT2D eigenvalue weighted by Crippen LogP contribution is -2.12. The summed E-state index contributed by atoms with van der Waals surface area (Å²) in [6.07, 6.45) is 0.801. The zero-order valence-corrected chi connectivity index (χ0v) is 11.2. The van der Waals surface area contributed by atoms with Crippen LogP contribution in [0.25, 0.3) is 0 Å². The minimum atomic E-state index is 0.236. The Bertz CT molecular complexity index is 333.